The number of hydrogen-bond acceptors (Lipinski definition) is 2. The van der Waals surface area contributed by atoms with Gasteiger partial charge in [0.25, 0.3) is 0 Å². The van der Waals surface area contributed by atoms with Gasteiger partial charge >= 0.3 is 7.82 Å². The molecular weight excluding hydrogens is 575 g/mol. The Morgan fingerprint density at radius 3 is 1.09 bits per heavy atom. The fourth-order valence-electron chi connectivity index (χ4n) is 5.06. The first kappa shape index (κ1) is 43.3. The molecule has 0 aromatic heterocycles. The molecule has 0 aliphatic heterocycles. The Morgan fingerprint density at radius 1 is 0.511 bits per heavy atom. The van der Waals surface area contributed by atoms with Crippen LogP contribution in [0.3, 0.4) is 0 Å². The first-order valence-corrected chi connectivity index (χ1v) is 19.0. The fourth-order valence-corrected chi connectivity index (χ4v) is 5.41. The second-order valence-corrected chi connectivity index (χ2v) is 14.9. The van der Waals surface area contributed by atoms with Gasteiger partial charge in [0, 0.05) is 0 Å². The number of hydrogen-bond donors (Lipinski definition) is 2. The highest BCUT2D eigenvalue weighted by Gasteiger charge is 2.13. The molecule has 0 unspecified atom stereocenters. The van der Waals surface area contributed by atoms with E-state index < -0.39 is 7.82 Å². The zero-order valence-electron chi connectivity index (χ0n) is 30.6. The van der Waals surface area contributed by atoms with Crippen LogP contribution in [0.15, 0.2) is 81.5 Å². The van der Waals surface area contributed by atoms with E-state index in [1.54, 1.807) is 0 Å². The van der Waals surface area contributed by atoms with Gasteiger partial charge in [0.1, 0.15) is 0 Å². The van der Waals surface area contributed by atoms with Gasteiger partial charge in [-0.15, -0.1) is 0 Å². The Morgan fingerprint density at radius 2 is 0.800 bits per heavy atom. The van der Waals surface area contributed by atoms with Crippen molar-refractivity contribution >= 4 is 7.82 Å². The molecule has 0 heterocycles. The third-order valence-corrected chi connectivity index (χ3v) is 8.79. The molecule has 4 nitrogen and oxygen atoms in total. The molecule has 2 N–H and O–H groups in total. The van der Waals surface area contributed by atoms with Crippen LogP contribution in [0.5, 0.6) is 0 Å². The maximum Gasteiger partial charge on any atom is 0.469 e. The third kappa shape index (κ3) is 30.7. The molecule has 0 fully saturated rings. The summed E-state index contributed by atoms with van der Waals surface area (Å²) in [5, 5.41) is 0. The molecule has 0 amide bonds. The Bertz CT molecular complexity index is 1070. The molecule has 0 aliphatic carbocycles. The quantitative estimate of drug-likeness (QED) is 0.0766. The minimum atomic E-state index is -4.34. The highest BCUT2D eigenvalue weighted by molar-refractivity contribution is 7.46. The lowest BCUT2D eigenvalue weighted by atomic mass is 10.0. The second kappa shape index (κ2) is 26.4. The van der Waals surface area contributed by atoms with E-state index in [1.807, 2.05) is 0 Å². The molecule has 5 heteroatoms. The molecule has 0 saturated carbocycles. The van der Waals surface area contributed by atoms with Crippen LogP contribution in [0.2, 0.25) is 0 Å². The fraction of sp³-hybridized carbons (Fsp3) is 0.650. The van der Waals surface area contributed by atoms with Crippen LogP contribution in [-0.4, -0.2) is 16.4 Å². The summed E-state index contributed by atoms with van der Waals surface area (Å²) in [7, 11) is -4.34. The van der Waals surface area contributed by atoms with Gasteiger partial charge in [0.15, 0.2) is 0 Å². The lowest BCUT2D eigenvalue weighted by molar-refractivity contribution is 0.185. The van der Waals surface area contributed by atoms with Crippen LogP contribution in [0.25, 0.3) is 0 Å². The average molecular weight is 645 g/mol. The molecule has 258 valence electrons. The lowest BCUT2D eigenvalue weighted by Crippen LogP contribution is -2.00. The van der Waals surface area contributed by atoms with E-state index in [-0.39, 0.29) is 6.61 Å². The van der Waals surface area contributed by atoms with Gasteiger partial charge in [0.2, 0.25) is 0 Å². The first-order chi connectivity index (χ1) is 21.2. The summed E-state index contributed by atoms with van der Waals surface area (Å²) in [5.74, 6) is 0.381. The van der Waals surface area contributed by atoms with Crippen molar-refractivity contribution in [1.29, 1.82) is 0 Å². The van der Waals surface area contributed by atoms with Crippen molar-refractivity contribution in [3.05, 3.63) is 81.5 Å². The molecule has 45 heavy (non-hydrogen) atoms. The summed E-state index contributed by atoms with van der Waals surface area (Å²) < 4.78 is 15.3. The third-order valence-electron chi connectivity index (χ3n) is 8.27. The zero-order valence-corrected chi connectivity index (χ0v) is 31.5. The van der Waals surface area contributed by atoms with Crippen molar-refractivity contribution in [2.45, 2.75) is 159 Å². The van der Waals surface area contributed by atoms with Crippen LogP contribution in [0, 0.1) is 5.92 Å². The minimum Gasteiger partial charge on any atom is -0.303 e. The van der Waals surface area contributed by atoms with Crippen LogP contribution in [0.4, 0.5) is 0 Å². The molecule has 0 aromatic carbocycles. The van der Waals surface area contributed by atoms with E-state index in [9.17, 15) is 4.57 Å². The lowest BCUT2D eigenvalue weighted by Gasteiger charge is -2.11. The Kier molecular flexibility index (Phi) is 25.4. The van der Waals surface area contributed by atoms with Crippen molar-refractivity contribution in [3.8, 4) is 0 Å². The van der Waals surface area contributed by atoms with Crippen LogP contribution < -0.4 is 0 Å². The van der Waals surface area contributed by atoms with E-state index in [1.165, 1.54) is 51.9 Å². The molecule has 0 saturated heterocycles. The normalized spacial score (nSPS) is 15.1. The highest BCUT2D eigenvalue weighted by Crippen LogP contribution is 2.36. The van der Waals surface area contributed by atoms with Gasteiger partial charge in [-0.05, 0) is 158 Å². The Hall–Kier alpha value is -1.71. The monoisotopic (exact) mass is 644 g/mol. The first-order valence-electron chi connectivity index (χ1n) is 17.4. The van der Waals surface area contributed by atoms with E-state index >= 15 is 0 Å². The van der Waals surface area contributed by atoms with Gasteiger partial charge in [-0.25, -0.2) is 4.57 Å². The predicted molar refractivity (Wildman–Crippen MR) is 198 cm³/mol. The van der Waals surface area contributed by atoms with Crippen molar-refractivity contribution in [2.75, 3.05) is 6.61 Å². The molecule has 1 atom stereocenters. The van der Waals surface area contributed by atoms with Gasteiger partial charge < -0.3 is 9.79 Å². The summed E-state index contributed by atoms with van der Waals surface area (Å²) in [5.41, 5.74) is 10.3. The van der Waals surface area contributed by atoms with E-state index in [2.05, 4.69) is 109 Å². The largest absolute Gasteiger partial charge is 0.469 e. The van der Waals surface area contributed by atoms with Crippen molar-refractivity contribution in [1.82, 2.24) is 0 Å². The van der Waals surface area contributed by atoms with E-state index in [4.69, 9.17) is 9.79 Å². The topological polar surface area (TPSA) is 66.8 Å². The highest BCUT2D eigenvalue weighted by atomic mass is 31.2. The van der Waals surface area contributed by atoms with Crippen LogP contribution in [-0.2, 0) is 9.09 Å². The summed E-state index contributed by atoms with van der Waals surface area (Å²) in [6, 6.07) is 0. The SMILES string of the molecule is CC(C)=CCC/C(C)=C\CC/C(C)=C/CC/C(C)=C\CC/C(C)=C/CC/C(C)=C/CC/C(C)=C\CC[C@@H](C)CCOP(=O)(O)O. The average Bonchev–Trinajstić information content (AvgIpc) is 2.92. The summed E-state index contributed by atoms with van der Waals surface area (Å²) in [4.78, 5) is 17.5. The number of rotatable bonds is 25. The number of phosphoric acid groups is 1. The number of allylic oxidation sites excluding steroid dienone is 14. The second-order valence-electron chi connectivity index (χ2n) is 13.6. The smallest absolute Gasteiger partial charge is 0.303 e. The van der Waals surface area contributed by atoms with Gasteiger partial charge in [-0.3, -0.25) is 4.52 Å². The van der Waals surface area contributed by atoms with E-state index in [0.717, 1.165) is 77.0 Å². The zero-order chi connectivity index (χ0) is 34.1. The Labute approximate surface area is 278 Å². The minimum absolute atomic E-state index is 0.109. The molecule has 0 bridgehead atoms. The summed E-state index contributed by atoms with van der Waals surface area (Å²) in [6.45, 7) is 20.1. The maximum absolute atomic E-state index is 10.8. The summed E-state index contributed by atoms with van der Waals surface area (Å²) in [6.07, 6.45) is 33.0. The van der Waals surface area contributed by atoms with Crippen molar-refractivity contribution in [3.63, 3.8) is 0 Å². The van der Waals surface area contributed by atoms with Crippen molar-refractivity contribution in [2.24, 2.45) is 5.92 Å². The van der Waals surface area contributed by atoms with Gasteiger partial charge in [0.05, 0.1) is 6.61 Å². The van der Waals surface area contributed by atoms with Crippen LogP contribution in [0.1, 0.15) is 159 Å². The Balaban J connectivity index is 4.17. The maximum atomic E-state index is 10.8. The molecule has 0 rings (SSSR count). The summed E-state index contributed by atoms with van der Waals surface area (Å²) >= 11 is 0. The molecule has 0 aromatic rings. The van der Waals surface area contributed by atoms with E-state index in [0.29, 0.717) is 12.3 Å². The molecule has 0 spiro atoms. The van der Waals surface area contributed by atoms with Crippen LogP contribution >= 0.6 is 7.82 Å². The molecule has 0 aliphatic rings. The number of phosphoric ester groups is 1. The predicted octanol–water partition coefficient (Wildman–Crippen LogP) is 13.2. The van der Waals surface area contributed by atoms with Gasteiger partial charge in [-0.1, -0.05) is 88.5 Å². The van der Waals surface area contributed by atoms with Gasteiger partial charge in [-0.2, -0.15) is 0 Å². The molecule has 0 radical (unpaired) electrons. The van der Waals surface area contributed by atoms with Crippen molar-refractivity contribution < 1.29 is 18.9 Å². The molecular formula is C40H69O4P. The standard InChI is InChI=1S/C40H69O4P/c1-33(2)17-10-18-34(3)19-11-20-35(4)21-12-22-36(5)23-13-24-37(6)25-14-26-38(7)27-15-28-39(8)29-16-30-40(9)31-32-44-45(41,42)43/h17,19,21,23,25,27,29,40H,10-16,18,20,22,24,26,28,30-32H2,1-9H3,(H2,41,42,43)/b34-19-,35-21+,36-23-,37-25+,38-27+,39-29-/t40-/m1/s1.